The molecule has 0 aliphatic heterocycles. The Morgan fingerprint density at radius 2 is 0.500 bits per heavy atom. The van der Waals surface area contributed by atoms with Crippen molar-refractivity contribution in [2.24, 2.45) is 0 Å². The van der Waals surface area contributed by atoms with Crippen LogP contribution >= 0.6 is 0 Å². The molecule has 0 heterocycles. The van der Waals surface area contributed by atoms with Gasteiger partial charge in [0.15, 0.2) is 0 Å². The SMILES string of the molecule is CC.CC.CC.CC.CC.CC.CCc1c2cc(C)c(C)cc2c(CC)c2cc(C)c(C)cc12. The van der Waals surface area contributed by atoms with Crippen LogP contribution in [-0.4, -0.2) is 0 Å². The van der Waals surface area contributed by atoms with Crippen molar-refractivity contribution in [3.8, 4) is 0 Å². The summed E-state index contributed by atoms with van der Waals surface area (Å²) in [7, 11) is 0. The molecule has 0 saturated heterocycles. The van der Waals surface area contributed by atoms with E-state index < -0.39 is 0 Å². The third-order valence-corrected chi connectivity index (χ3v) is 5.28. The van der Waals surface area contributed by atoms with Crippen LogP contribution in [0.25, 0.3) is 21.5 Å². The van der Waals surface area contributed by atoms with Gasteiger partial charge < -0.3 is 0 Å². The van der Waals surface area contributed by atoms with Crippen LogP contribution in [0.4, 0.5) is 0 Å². The van der Waals surface area contributed by atoms with Crippen molar-refractivity contribution < 1.29 is 0 Å². The van der Waals surface area contributed by atoms with Gasteiger partial charge in [-0.2, -0.15) is 0 Å². The summed E-state index contributed by atoms with van der Waals surface area (Å²) in [5, 5.41) is 5.83. The third kappa shape index (κ3) is 10.2. The third-order valence-electron chi connectivity index (χ3n) is 5.28. The molecule has 3 aromatic carbocycles. The Kier molecular flexibility index (Phi) is 28.2. The molecule has 0 fully saturated rings. The lowest BCUT2D eigenvalue weighted by atomic mass is 9.86. The Morgan fingerprint density at radius 1 is 0.353 bits per heavy atom. The maximum Gasteiger partial charge on any atom is -0.0140 e. The molecule has 34 heavy (non-hydrogen) atoms. The van der Waals surface area contributed by atoms with Crippen LogP contribution in [0.5, 0.6) is 0 Å². The predicted molar refractivity (Wildman–Crippen MR) is 167 cm³/mol. The molecule has 198 valence electrons. The first-order chi connectivity index (χ1) is 16.5. The summed E-state index contributed by atoms with van der Waals surface area (Å²) in [4.78, 5) is 0. The minimum Gasteiger partial charge on any atom is -0.0683 e. The second-order valence-corrected chi connectivity index (χ2v) is 6.63. The van der Waals surface area contributed by atoms with E-state index in [9.17, 15) is 0 Å². The maximum atomic E-state index is 2.40. The second-order valence-electron chi connectivity index (χ2n) is 6.63. The van der Waals surface area contributed by atoms with Crippen LogP contribution < -0.4 is 0 Å². The summed E-state index contributed by atoms with van der Waals surface area (Å²) >= 11 is 0. The lowest BCUT2D eigenvalue weighted by molar-refractivity contribution is 1.15. The molecule has 0 nitrogen and oxygen atoms in total. The van der Waals surface area contributed by atoms with Gasteiger partial charge in [0.05, 0.1) is 0 Å². The van der Waals surface area contributed by atoms with Gasteiger partial charge in [-0.15, -0.1) is 0 Å². The van der Waals surface area contributed by atoms with Crippen molar-refractivity contribution in [2.45, 2.75) is 137 Å². The molecule has 3 rings (SSSR count). The number of rotatable bonds is 2. The Morgan fingerprint density at radius 3 is 0.618 bits per heavy atom. The summed E-state index contributed by atoms with van der Waals surface area (Å²) < 4.78 is 0. The van der Waals surface area contributed by atoms with Crippen molar-refractivity contribution in [3.05, 3.63) is 57.6 Å². The Labute approximate surface area is 216 Å². The van der Waals surface area contributed by atoms with E-state index in [0.29, 0.717) is 0 Å². The monoisotopic (exact) mass is 470 g/mol. The highest BCUT2D eigenvalue weighted by Crippen LogP contribution is 2.36. The first-order valence-electron chi connectivity index (χ1n) is 14.4. The highest BCUT2D eigenvalue weighted by molar-refractivity contribution is 6.06. The number of benzene rings is 3. The van der Waals surface area contributed by atoms with Crippen LogP contribution in [0.15, 0.2) is 24.3 Å². The first kappa shape index (κ1) is 39.4. The Bertz CT molecular complexity index is 739. The fraction of sp³-hybridized carbons (Fsp3) is 0.588. The number of fused-ring (bicyclic) bond motifs is 2. The van der Waals surface area contributed by atoms with Crippen molar-refractivity contribution in [1.82, 2.24) is 0 Å². The summed E-state index contributed by atoms with van der Waals surface area (Å²) in [5.41, 5.74) is 8.60. The van der Waals surface area contributed by atoms with Crippen LogP contribution in [0.2, 0.25) is 0 Å². The largest absolute Gasteiger partial charge is 0.0683 e. The molecule has 0 aromatic heterocycles. The second kappa shape index (κ2) is 24.3. The van der Waals surface area contributed by atoms with Crippen LogP contribution in [0, 0.1) is 27.7 Å². The van der Waals surface area contributed by atoms with Crippen LogP contribution in [-0.2, 0) is 12.8 Å². The van der Waals surface area contributed by atoms with Gasteiger partial charge in [0, 0.05) is 0 Å². The van der Waals surface area contributed by atoms with Crippen molar-refractivity contribution in [1.29, 1.82) is 0 Å². The molecular weight excluding hydrogens is 408 g/mol. The number of hydrogen-bond donors (Lipinski definition) is 0. The summed E-state index contributed by atoms with van der Waals surface area (Å²) in [5.74, 6) is 0. The molecule has 0 bridgehead atoms. The normalized spacial score (nSPS) is 8.53. The van der Waals surface area contributed by atoms with E-state index in [-0.39, 0.29) is 0 Å². The van der Waals surface area contributed by atoms with E-state index in [2.05, 4.69) is 65.8 Å². The van der Waals surface area contributed by atoms with Crippen molar-refractivity contribution >= 4 is 21.5 Å². The fourth-order valence-electron chi connectivity index (χ4n) is 3.68. The lowest BCUT2D eigenvalue weighted by Crippen LogP contribution is -1.97. The molecule has 0 heteroatoms. The molecule has 0 saturated carbocycles. The van der Waals surface area contributed by atoms with Gasteiger partial charge in [0.1, 0.15) is 0 Å². The van der Waals surface area contributed by atoms with Crippen LogP contribution in [0.3, 0.4) is 0 Å². The van der Waals surface area contributed by atoms with Gasteiger partial charge in [0.2, 0.25) is 0 Å². The van der Waals surface area contributed by atoms with Crippen molar-refractivity contribution in [3.63, 3.8) is 0 Å². The molecule has 0 radical (unpaired) electrons. The zero-order chi connectivity index (χ0) is 28.0. The summed E-state index contributed by atoms with van der Waals surface area (Å²) in [6.45, 7) is 37.5. The smallest absolute Gasteiger partial charge is 0.0140 e. The van der Waals surface area contributed by atoms with Crippen molar-refractivity contribution in [2.75, 3.05) is 0 Å². The number of aryl methyl sites for hydroxylation is 6. The van der Waals surface area contributed by atoms with E-state index in [1.54, 1.807) is 0 Å². The zero-order valence-corrected chi connectivity index (χ0v) is 26.7. The summed E-state index contributed by atoms with van der Waals surface area (Å²) in [6.07, 6.45) is 2.17. The summed E-state index contributed by atoms with van der Waals surface area (Å²) in [6, 6.07) is 9.60. The van der Waals surface area contributed by atoms with Crippen LogP contribution in [0.1, 0.15) is 130 Å². The minimum atomic E-state index is 1.09. The van der Waals surface area contributed by atoms with Gasteiger partial charge in [0.25, 0.3) is 0 Å². The fourth-order valence-corrected chi connectivity index (χ4v) is 3.68. The lowest BCUT2D eigenvalue weighted by Gasteiger charge is -2.18. The standard InChI is InChI=1S/C22H26.6C2H6/c1-7-17-19-9-13(3)15(5)11-21(19)18(8-2)22-12-16(6)14(4)10-20(17)22;6*1-2/h9-12H,7-8H2,1-6H3;6*1-2H3. The average Bonchev–Trinajstić information content (AvgIpc) is 2.92. The molecule has 0 unspecified atom stereocenters. The Hall–Kier alpha value is -1.82. The maximum absolute atomic E-state index is 2.40. The van der Waals surface area contributed by atoms with Gasteiger partial charge in [-0.1, -0.05) is 121 Å². The molecule has 0 aliphatic rings. The number of hydrogen-bond acceptors (Lipinski definition) is 0. The molecule has 0 amide bonds. The van der Waals surface area contributed by atoms with E-state index in [1.165, 1.54) is 54.9 Å². The first-order valence-corrected chi connectivity index (χ1v) is 14.4. The quantitative estimate of drug-likeness (QED) is 0.327. The molecule has 3 aromatic rings. The molecular formula is C34H62. The topological polar surface area (TPSA) is 0 Å². The van der Waals surface area contributed by atoms with Gasteiger partial charge in [-0.25, -0.2) is 0 Å². The van der Waals surface area contributed by atoms with E-state index >= 15 is 0 Å². The molecule has 0 aliphatic carbocycles. The van der Waals surface area contributed by atoms with E-state index in [1.807, 2.05) is 83.1 Å². The van der Waals surface area contributed by atoms with E-state index in [0.717, 1.165) is 12.8 Å². The molecule has 0 N–H and O–H groups in total. The average molecular weight is 471 g/mol. The predicted octanol–water partition coefficient (Wildman–Crippen LogP) is 12.5. The van der Waals surface area contributed by atoms with Gasteiger partial charge in [-0.05, 0) is 95.5 Å². The zero-order valence-electron chi connectivity index (χ0n) is 26.7. The molecule has 0 spiro atoms. The van der Waals surface area contributed by atoms with E-state index in [4.69, 9.17) is 0 Å². The highest BCUT2D eigenvalue weighted by Gasteiger charge is 2.14. The van der Waals surface area contributed by atoms with Gasteiger partial charge >= 0.3 is 0 Å². The minimum absolute atomic E-state index is 1.09. The highest BCUT2D eigenvalue weighted by atomic mass is 14.2. The van der Waals surface area contributed by atoms with Gasteiger partial charge in [-0.3, -0.25) is 0 Å². The Balaban J connectivity index is -0.000000328. The molecule has 0 atom stereocenters.